The molecule has 0 bridgehead atoms. The third-order valence-electron chi connectivity index (χ3n) is 2.66. The fraction of sp³-hybridized carbons (Fsp3) is 0. The Morgan fingerprint density at radius 3 is 2.94 bits per heavy atom. The highest BCUT2D eigenvalue weighted by Gasteiger charge is 2.16. The average molecular weight is 349 g/mol. The first-order valence-electron chi connectivity index (χ1n) is 5.34. The summed E-state index contributed by atoms with van der Waals surface area (Å²) in [4.78, 5) is 16.3. The number of aromatic nitrogens is 3. The molecule has 1 aromatic carbocycles. The van der Waals surface area contributed by atoms with Crippen LogP contribution in [-0.2, 0) is 0 Å². The molecule has 2 heterocycles. The maximum absolute atomic E-state index is 12.3. The van der Waals surface area contributed by atoms with Crippen molar-refractivity contribution in [1.82, 2.24) is 15.2 Å². The van der Waals surface area contributed by atoms with Crippen molar-refractivity contribution in [3.05, 3.63) is 57.6 Å². The van der Waals surface area contributed by atoms with Crippen molar-refractivity contribution in [3.8, 4) is 0 Å². The molecular formula is C13H8IN3O. The van der Waals surface area contributed by atoms with Crippen molar-refractivity contribution in [3.63, 3.8) is 0 Å². The van der Waals surface area contributed by atoms with Crippen molar-refractivity contribution in [2.24, 2.45) is 0 Å². The Labute approximate surface area is 117 Å². The fourth-order valence-electron chi connectivity index (χ4n) is 1.79. The second-order valence-corrected chi connectivity index (χ2v) is 5.08. The Kier molecular flexibility index (Phi) is 2.83. The third kappa shape index (κ3) is 1.90. The number of carbonyl (C=O) groups excluding carboxylic acids is 1. The minimum atomic E-state index is -0.114. The van der Waals surface area contributed by atoms with Gasteiger partial charge in [-0.25, -0.2) is 0 Å². The van der Waals surface area contributed by atoms with Gasteiger partial charge in [0, 0.05) is 26.9 Å². The molecule has 0 atom stereocenters. The molecule has 0 aliphatic carbocycles. The third-order valence-corrected chi connectivity index (χ3v) is 3.33. The minimum Gasteiger partial charge on any atom is -0.287 e. The van der Waals surface area contributed by atoms with Gasteiger partial charge < -0.3 is 0 Å². The summed E-state index contributed by atoms with van der Waals surface area (Å²) in [6.45, 7) is 0. The van der Waals surface area contributed by atoms with Crippen molar-refractivity contribution in [2.45, 2.75) is 0 Å². The normalized spacial score (nSPS) is 10.7. The van der Waals surface area contributed by atoms with Crippen molar-refractivity contribution < 1.29 is 4.79 Å². The summed E-state index contributed by atoms with van der Waals surface area (Å²) in [6.07, 6.45) is 3.19. The van der Waals surface area contributed by atoms with Crippen LogP contribution in [0.5, 0.6) is 0 Å². The van der Waals surface area contributed by atoms with E-state index in [2.05, 4.69) is 37.8 Å². The number of fused-ring (bicyclic) bond motifs is 1. The smallest absolute Gasteiger partial charge is 0.215 e. The quantitative estimate of drug-likeness (QED) is 0.572. The maximum atomic E-state index is 12.3. The molecule has 0 saturated carbocycles. The molecule has 0 unspecified atom stereocenters. The van der Waals surface area contributed by atoms with Gasteiger partial charge in [-0.3, -0.25) is 14.9 Å². The highest BCUT2D eigenvalue weighted by atomic mass is 127. The summed E-state index contributed by atoms with van der Waals surface area (Å²) in [5.74, 6) is -0.114. The van der Waals surface area contributed by atoms with E-state index in [0.29, 0.717) is 11.3 Å². The molecule has 2 aromatic heterocycles. The first-order chi connectivity index (χ1) is 8.75. The average Bonchev–Trinajstić information content (AvgIpc) is 2.82. The maximum Gasteiger partial charge on any atom is 0.215 e. The fourth-order valence-corrected chi connectivity index (χ4v) is 2.28. The summed E-state index contributed by atoms with van der Waals surface area (Å²) in [5.41, 5.74) is 1.85. The largest absolute Gasteiger partial charge is 0.287 e. The summed E-state index contributed by atoms with van der Waals surface area (Å²) < 4.78 is 1.07. The van der Waals surface area contributed by atoms with Gasteiger partial charge in [0.25, 0.3) is 0 Å². The molecule has 0 aliphatic heterocycles. The van der Waals surface area contributed by atoms with Gasteiger partial charge in [-0.05, 0) is 52.9 Å². The van der Waals surface area contributed by atoms with Crippen LogP contribution in [0.15, 0.2) is 42.7 Å². The summed E-state index contributed by atoms with van der Waals surface area (Å²) in [7, 11) is 0. The van der Waals surface area contributed by atoms with Crippen LogP contribution in [0.25, 0.3) is 10.9 Å². The van der Waals surface area contributed by atoms with Crippen molar-refractivity contribution in [1.29, 1.82) is 0 Å². The van der Waals surface area contributed by atoms with Crippen molar-refractivity contribution >= 4 is 39.3 Å². The van der Waals surface area contributed by atoms with E-state index in [1.807, 2.05) is 18.2 Å². The number of H-pyrrole nitrogens is 1. The highest BCUT2D eigenvalue weighted by molar-refractivity contribution is 14.1. The second kappa shape index (κ2) is 4.49. The van der Waals surface area contributed by atoms with E-state index in [-0.39, 0.29) is 5.78 Å². The number of hydrogen-bond acceptors (Lipinski definition) is 3. The van der Waals surface area contributed by atoms with E-state index in [0.717, 1.165) is 14.5 Å². The van der Waals surface area contributed by atoms with Crippen LogP contribution in [0.3, 0.4) is 0 Å². The van der Waals surface area contributed by atoms with Crippen LogP contribution < -0.4 is 0 Å². The molecule has 0 saturated heterocycles. The lowest BCUT2D eigenvalue weighted by Gasteiger charge is -1.97. The molecule has 0 aliphatic rings. The lowest BCUT2D eigenvalue weighted by molar-refractivity contribution is 0.103. The Balaban J connectivity index is 2.15. The van der Waals surface area contributed by atoms with Gasteiger partial charge in [-0.1, -0.05) is 0 Å². The molecule has 1 N–H and O–H groups in total. The molecule has 0 amide bonds. The monoisotopic (exact) mass is 349 g/mol. The van der Waals surface area contributed by atoms with E-state index in [1.165, 1.54) is 0 Å². The van der Waals surface area contributed by atoms with E-state index in [4.69, 9.17) is 0 Å². The lowest BCUT2D eigenvalue weighted by atomic mass is 10.1. The summed E-state index contributed by atoms with van der Waals surface area (Å²) in [6, 6.07) is 9.32. The zero-order valence-corrected chi connectivity index (χ0v) is 11.4. The number of nitrogens with one attached hydrogen (secondary N) is 1. The predicted molar refractivity (Wildman–Crippen MR) is 76.5 cm³/mol. The summed E-state index contributed by atoms with van der Waals surface area (Å²) in [5, 5.41) is 7.82. The van der Waals surface area contributed by atoms with E-state index in [9.17, 15) is 4.79 Å². The van der Waals surface area contributed by atoms with Crippen LogP contribution in [0, 0.1) is 3.57 Å². The lowest BCUT2D eigenvalue weighted by Crippen LogP contribution is -2.02. The van der Waals surface area contributed by atoms with Gasteiger partial charge in [0.15, 0.2) is 0 Å². The molecule has 3 aromatic rings. The molecule has 88 valence electrons. The van der Waals surface area contributed by atoms with E-state index in [1.54, 1.807) is 24.5 Å². The van der Waals surface area contributed by atoms with Crippen LogP contribution in [0.1, 0.15) is 16.1 Å². The molecule has 0 fully saturated rings. The van der Waals surface area contributed by atoms with Crippen LogP contribution in [0.4, 0.5) is 0 Å². The van der Waals surface area contributed by atoms with Crippen LogP contribution in [0.2, 0.25) is 0 Å². The van der Waals surface area contributed by atoms with Gasteiger partial charge in [0.1, 0.15) is 5.69 Å². The van der Waals surface area contributed by atoms with Gasteiger partial charge in [-0.15, -0.1) is 0 Å². The number of nitrogens with zero attached hydrogens (tertiary/aromatic N) is 2. The van der Waals surface area contributed by atoms with Gasteiger partial charge in [0.05, 0.1) is 5.52 Å². The summed E-state index contributed by atoms with van der Waals surface area (Å²) >= 11 is 2.21. The Bertz CT molecular complexity index is 721. The van der Waals surface area contributed by atoms with Crippen LogP contribution >= 0.6 is 22.6 Å². The predicted octanol–water partition coefficient (Wildman–Crippen LogP) is 2.79. The van der Waals surface area contributed by atoms with E-state index >= 15 is 0 Å². The standard InChI is InChI=1S/C13H8IN3O/c14-9-3-4-11-10(6-9)12(17-16-11)13(18)8-2-1-5-15-7-8/h1-7H,(H,16,17). The number of rotatable bonds is 2. The van der Waals surface area contributed by atoms with Crippen molar-refractivity contribution in [2.75, 3.05) is 0 Å². The number of hydrogen-bond donors (Lipinski definition) is 1. The molecule has 18 heavy (non-hydrogen) atoms. The molecule has 5 heteroatoms. The zero-order valence-electron chi connectivity index (χ0n) is 9.22. The van der Waals surface area contributed by atoms with E-state index < -0.39 is 0 Å². The minimum absolute atomic E-state index is 0.114. The van der Waals surface area contributed by atoms with Crippen LogP contribution in [-0.4, -0.2) is 21.0 Å². The zero-order chi connectivity index (χ0) is 12.5. The molecule has 0 radical (unpaired) electrons. The SMILES string of the molecule is O=C(c1cccnc1)c1n[nH]c2ccc(I)cc12. The second-order valence-electron chi connectivity index (χ2n) is 3.83. The van der Waals surface area contributed by atoms with Gasteiger partial charge in [0.2, 0.25) is 5.78 Å². The van der Waals surface area contributed by atoms with Gasteiger partial charge >= 0.3 is 0 Å². The molecule has 0 spiro atoms. The number of ketones is 1. The molecular weight excluding hydrogens is 341 g/mol. The van der Waals surface area contributed by atoms with Gasteiger partial charge in [-0.2, -0.15) is 5.10 Å². The number of carbonyl (C=O) groups is 1. The Morgan fingerprint density at radius 1 is 1.28 bits per heavy atom. The number of benzene rings is 1. The first kappa shape index (κ1) is 11.3. The number of aromatic amines is 1. The topological polar surface area (TPSA) is 58.6 Å². The highest BCUT2D eigenvalue weighted by Crippen LogP contribution is 2.20. The number of pyridine rings is 1. The Morgan fingerprint density at radius 2 is 2.17 bits per heavy atom. The Hall–Kier alpha value is -1.76. The molecule has 3 rings (SSSR count). The number of halogens is 1. The first-order valence-corrected chi connectivity index (χ1v) is 6.42. The molecule has 4 nitrogen and oxygen atoms in total.